The van der Waals surface area contributed by atoms with E-state index in [1.165, 1.54) is 12.3 Å². The molecular formula is C16H19ClN4O3S. The first-order chi connectivity index (χ1) is 11.9. The van der Waals surface area contributed by atoms with E-state index in [-0.39, 0.29) is 10.9 Å². The number of nitrogens with two attached hydrogens (primary N) is 1. The third-order valence-corrected chi connectivity index (χ3v) is 5.22. The van der Waals surface area contributed by atoms with E-state index in [1.807, 2.05) is 12.1 Å². The molecule has 1 aromatic carbocycles. The van der Waals surface area contributed by atoms with Crippen LogP contribution in [0.4, 0.5) is 11.5 Å². The summed E-state index contributed by atoms with van der Waals surface area (Å²) in [5.74, 6) is 1.39. The zero-order valence-electron chi connectivity index (χ0n) is 13.6. The Hall–Kier alpha value is -2.03. The molecule has 2 aromatic rings. The summed E-state index contributed by atoms with van der Waals surface area (Å²) in [5.41, 5.74) is 0.955. The number of anilines is 2. The molecule has 3 N–H and O–H groups in total. The summed E-state index contributed by atoms with van der Waals surface area (Å²) >= 11 is 6.10. The molecule has 1 fully saturated rings. The van der Waals surface area contributed by atoms with Crippen molar-refractivity contribution >= 4 is 33.1 Å². The summed E-state index contributed by atoms with van der Waals surface area (Å²) in [7, 11) is -2.09. The van der Waals surface area contributed by atoms with Gasteiger partial charge in [0.1, 0.15) is 16.5 Å². The summed E-state index contributed by atoms with van der Waals surface area (Å²) in [5, 5.41) is 9.04. The Morgan fingerprint density at radius 3 is 2.80 bits per heavy atom. The molecular weight excluding hydrogens is 364 g/mol. The van der Waals surface area contributed by atoms with Gasteiger partial charge in [-0.3, -0.25) is 0 Å². The smallest absolute Gasteiger partial charge is 0.239 e. The number of hydrogen-bond acceptors (Lipinski definition) is 6. The predicted octanol–water partition coefficient (Wildman–Crippen LogP) is 2.08. The Morgan fingerprint density at radius 1 is 1.36 bits per heavy atom. The number of pyridine rings is 1. The van der Waals surface area contributed by atoms with Crippen LogP contribution in [0.5, 0.6) is 5.75 Å². The molecule has 9 heteroatoms. The molecule has 1 saturated heterocycles. The highest BCUT2D eigenvalue weighted by molar-refractivity contribution is 7.89. The zero-order chi connectivity index (χ0) is 18.0. The van der Waals surface area contributed by atoms with Crippen LogP contribution in [0, 0.1) is 0 Å². The summed E-state index contributed by atoms with van der Waals surface area (Å²) in [6.45, 7) is 1.61. The molecule has 0 aliphatic carbocycles. The number of methoxy groups -OCH3 is 1. The number of ether oxygens (including phenoxy) is 1. The van der Waals surface area contributed by atoms with Crippen LogP contribution in [-0.2, 0) is 10.0 Å². The minimum absolute atomic E-state index is 0.00485. The van der Waals surface area contributed by atoms with Gasteiger partial charge in [-0.2, -0.15) is 0 Å². The lowest BCUT2D eigenvalue weighted by Gasteiger charge is -2.22. The standard InChI is InChI=1S/C16H19ClN4O3S/c1-24-15-4-2-11(17)8-14(15)21-7-6-12(10-21)20-16-5-3-13(9-19-16)25(18,22)23/h2-5,8-9,12H,6-7,10H2,1H3,(H,19,20)(H2,18,22,23). The summed E-state index contributed by atoms with van der Waals surface area (Å²) in [6.07, 6.45) is 2.17. The number of hydrogen-bond donors (Lipinski definition) is 2. The second-order valence-corrected chi connectivity index (χ2v) is 7.81. The zero-order valence-corrected chi connectivity index (χ0v) is 15.2. The minimum atomic E-state index is -3.73. The van der Waals surface area contributed by atoms with Gasteiger partial charge in [0, 0.05) is 30.4 Å². The van der Waals surface area contributed by atoms with E-state index < -0.39 is 10.0 Å². The average Bonchev–Trinajstić information content (AvgIpc) is 3.03. The van der Waals surface area contributed by atoms with E-state index in [2.05, 4.69) is 15.2 Å². The first-order valence-electron chi connectivity index (χ1n) is 7.70. The number of rotatable bonds is 5. The van der Waals surface area contributed by atoms with Gasteiger partial charge < -0.3 is 15.0 Å². The molecule has 1 aliphatic heterocycles. The van der Waals surface area contributed by atoms with Crippen molar-refractivity contribution in [3.05, 3.63) is 41.6 Å². The van der Waals surface area contributed by atoms with Crippen LogP contribution in [0.1, 0.15) is 6.42 Å². The molecule has 1 aliphatic rings. The maximum atomic E-state index is 11.3. The fourth-order valence-corrected chi connectivity index (χ4v) is 3.47. The largest absolute Gasteiger partial charge is 0.495 e. The van der Waals surface area contributed by atoms with Crippen molar-refractivity contribution in [3.8, 4) is 5.75 Å². The molecule has 2 heterocycles. The second-order valence-electron chi connectivity index (χ2n) is 5.82. The molecule has 3 rings (SSSR count). The molecule has 7 nitrogen and oxygen atoms in total. The normalized spacial score (nSPS) is 17.6. The first-order valence-corrected chi connectivity index (χ1v) is 9.63. The number of halogens is 1. The quantitative estimate of drug-likeness (QED) is 0.821. The molecule has 1 unspecified atom stereocenters. The molecule has 0 bridgehead atoms. The van der Waals surface area contributed by atoms with Crippen molar-refractivity contribution in [3.63, 3.8) is 0 Å². The second kappa shape index (κ2) is 7.07. The molecule has 0 spiro atoms. The van der Waals surface area contributed by atoms with Gasteiger partial charge in [-0.25, -0.2) is 18.5 Å². The van der Waals surface area contributed by atoms with Gasteiger partial charge in [-0.05, 0) is 36.8 Å². The third kappa shape index (κ3) is 4.15. The van der Waals surface area contributed by atoms with Crippen LogP contribution in [0.2, 0.25) is 5.02 Å². The van der Waals surface area contributed by atoms with Crippen molar-refractivity contribution in [1.29, 1.82) is 0 Å². The maximum absolute atomic E-state index is 11.3. The molecule has 1 aromatic heterocycles. The highest BCUT2D eigenvalue weighted by Crippen LogP contribution is 2.33. The van der Waals surface area contributed by atoms with Crippen LogP contribution < -0.4 is 20.1 Å². The Morgan fingerprint density at radius 2 is 2.16 bits per heavy atom. The lowest BCUT2D eigenvalue weighted by atomic mass is 10.2. The highest BCUT2D eigenvalue weighted by Gasteiger charge is 2.25. The molecule has 0 saturated carbocycles. The molecule has 134 valence electrons. The van der Waals surface area contributed by atoms with Crippen LogP contribution in [0.3, 0.4) is 0 Å². The Kier molecular flexibility index (Phi) is 5.03. The van der Waals surface area contributed by atoms with Gasteiger partial charge in [-0.1, -0.05) is 11.6 Å². The lowest BCUT2D eigenvalue weighted by Crippen LogP contribution is -2.26. The molecule has 1 atom stereocenters. The van der Waals surface area contributed by atoms with Crippen molar-refractivity contribution < 1.29 is 13.2 Å². The van der Waals surface area contributed by atoms with Gasteiger partial charge >= 0.3 is 0 Å². The van der Waals surface area contributed by atoms with Gasteiger partial charge in [-0.15, -0.1) is 0 Å². The number of nitrogens with one attached hydrogen (secondary N) is 1. The van der Waals surface area contributed by atoms with E-state index >= 15 is 0 Å². The molecule has 0 amide bonds. The predicted molar refractivity (Wildman–Crippen MR) is 97.9 cm³/mol. The fourth-order valence-electron chi connectivity index (χ4n) is 2.85. The van der Waals surface area contributed by atoms with Crippen LogP contribution in [0.25, 0.3) is 0 Å². The van der Waals surface area contributed by atoms with Gasteiger partial charge in [0.15, 0.2) is 0 Å². The van der Waals surface area contributed by atoms with Crippen LogP contribution in [-0.4, -0.2) is 39.6 Å². The number of sulfonamides is 1. The summed E-state index contributed by atoms with van der Waals surface area (Å²) in [6, 6.07) is 8.77. The minimum Gasteiger partial charge on any atom is -0.495 e. The highest BCUT2D eigenvalue weighted by atomic mass is 35.5. The third-order valence-electron chi connectivity index (χ3n) is 4.09. The van der Waals surface area contributed by atoms with Crippen molar-refractivity contribution in [2.24, 2.45) is 5.14 Å². The summed E-state index contributed by atoms with van der Waals surface area (Å²) < 4.78 is 27.9. The fraction of sp³-hybridized carbons (Fsp3) is 0.312. The SMILES string of the molecule is COc1ccc(Cl)cc1N1CCC(Nc2ccc(S(N)(=O)=O)cn2)C1. The van der Waals surface area contributed by atoms with E-state index in [0.717, 1.165) is 30.9 Å². The van der Waals surface area contributed by atoms with Crippen molar-refractivity contribution in [1.82, 2.24) is 4.98 Å². The number of nitrogens with zero attached hydrogens (tertiary/aromatic N) is 2. The van der Waals surface area contributed by atoms with E-state index in [4.69, 9.17) is 21.5 Å². The Labute approximate surface area is 151 Å². The Bertz CT molecular complexity index is 858. The van der Waals surface area contributed by atoms with Crippen molar-refractivity contribution in [2.75, 3.05) is 30.4 Å². The number of aromatic nitrogens is 1. The average molecular weight is 383 g/mol. The van der Waals surface area contributed by atoms with E-state index in [0.29, 0.717) is 10.8 Å². The van der Waals surface area contributed by atoms with Crippen LogP contribution >= 0.6 is 11.6 Å². The lowest BCUT2D eigenvalue weighted by molar-refractivity contribution is 0.415. The number of primary sulfonamides is 1. The number of benzene rings is 1. The van der Waals surface area contributed by atoms with Gasteiger partial charge in [0.25, 0.3) is 0 Å². The maximum Gasteiger partial charge on any atom is 0.239 e. The van der Waals surface area contributed by atoms with Gasteiger partial charge in [0.2, 0.25) is 10.0 Å². The Balaban J connectivity index is 1.68. The van der Waals surface area contributed by atoms with Crippen molar-refractivity contribution in [2.45, 2.75) is 17.4 Å². The van der Waals surface area contributed by atoms with E-state index in [1.54, 1.807) is 19.2 Å². The summed E-state index contributed by atoms with van der Waals surface area (Å²) in [4.78, 5) is 6.31. The topological polar surface area (TPSA) is 97.5 Å². The van der Waals surface area contributed by atoms with Crippen LogP contribution in [0.15, 0.2) is 41.4 Å². The van der Waals surface area contributed by atoms with E-state index in [9.17, 15) is 8.42 Å². The molecule has 0 radical (unpaired) electrons. The van der Waals surface area contributed by atoms with Gasteiger partial charge in [0.05, 0.1) is 12.8 Å². The monoisotopic (exact) mass is 382 g/mol. The first kappa shape index (κ1) is 17.8. The molecule has 25 heavy (non-hydrogen) atoms.